The zero-order valence-corrected chi connectivity index (χ0v) is 10.8. The molecular formula is C15H14FNO3. The van der Waals surface area contributed by atoms with Gasteiger partial charge in [0.05, 0.1) is 6.61 Å². The summed E-state index contributed by atoms with van der Waals surface area (Å²) in [7, 11) is 0. The van der Waals surface area contributed by atoms with Crippen molar-refractivity contribution in [1.29, 1.82) is 0 Å². The van der Waals surface area contributed by atoms with Crippen molar-refractivity contribution in [2.24, 2.45) is 0 Å². The highest BCUT2D eigenvalue weighted by atomic mass is 19.1. The Balaban J connectivity index is 1.88. The van der Waals surface area contributed by atoms with E-state index in [1.165, 1.54) is 11.8 Å². The first-order valence-electron chi connectivity index (χ1n) is 6.23. The molecule has 20 heavy (non-hydrogen) atoms. The van der Waals surface area contributed by atoms with Crippen molar-refractivity contribution in [1.82, 2.24) is 4.98 Å². The molecule has 1 aromatic heterocycles. The number of carboxylic acids is 1. The highest BCUT2D eigenvalue weighted by molar-refractivity contribution is 5.88. The predicted octanol–water partition coefficient (Wildman–Crippen LogP) is 2.93. The summed E-state index contributed by atoms with van der Waals surface area (Å²) in [5.41, 5.74) is 0.738. The lowest BCUT2D eigenvalue weighted by atomic mass is 10.1. The Morgan fingerprint density at radius 3 is 2.70 bits per heavy atom. The van der Waals surface area contributed by atoms with Crippen molar-refractivity contribution >= 4 is 5.97 Å². The van der Waals surface area contributed by atoms with Gasteiger partial charge in [-0.3, -0.25) is 0 Å². The third kappa shape index (κ3) is 3.54. The second-order valence-electron chi connectivity index (χ2n) is 4.22. The lowest BCUT2D eigenvalue weighted by molar-refractivity contribution is 0.0690. The van der Waals surface area contributed by atoms with Crippen LogP contribution in [0.25, 0.3) is 0 Å². The van der Waals surface area contributed by atoms with Gasteiger partial charge < -0.3 is 9.84 Å². The molecule has 0 amide bonds. The minimum absolute atomic E-state index is 0.266. The molecule has 0 saturated heterocycles. The maximum absolute atomic E-state index is 13.7. The quantitative estimate of drug-likeness (QED) is 0.823. The number of hydrogen-bond donors (Lipinski definition) is 1. The third-order valence-electron chi connectivity index (χ3n) is 2.78. The van der Waals surface area contributed by atoms with Crippen LogP contribution in [0, 0.1) is 5.82 Å². The average Bonchev–Trinajstić information content (AvgIpc) is 2.46. The highest BCUT2D eigenvalue weighted by Gasteiger charge is 2.15. The van der Waals surface area contributed by atoms with Crippen molar-refractivity contribution in [3.8, 4) is 5.88 Å². The number of halogens is 1. The molecular weight excluding hydrogens is 261 g/mol. The summed E-state index contributed by atoms with van der Waals surface area (Å²) < 4.78 is 18.9. The van der Waals surface area contributed by atoms with Crippen molar-refractivity contribution in [3.63, 3.8) is 0 Å². The topological polar surface area (TPSA) is 59.4 Å². The first-order chi connectivity index (χ1) is 9.68. The normalized spacial score (nSPS) is 10.2. The number of carbonyl (C=O) groups is 1. The zero-order valence-electron chi connectivity index (χ0n) is 10.8. The molecule has 0 aliphatic carbocycles. The van der Waals surface area contributed by atoms with Gasteiger partial charge >= 0.3 is 5.97 Å². The molecule has 0 radical (unpaired) electrons. The van der Waals surface area contributed by atoms with Crippen molar-refractivity contribution in [3.05, 3.63) is 59.5 Å². The number of aryl methyl sites for hydroxylation is 1. The van der Waals surface area contributed by atoms with Crippen LogP contribution in [0.15, 0.2) is 42.6 Å². The van der Waals surface area contributed by atoms with Crippen LogP contribution in [0.5, 0.6) is 5.88 Å². The van der Waals surface area contributed by atoms with Crippen molar-refractivity contribution in [2.75, 3.05) is 6.61 Å². The van der Waals surface area contributed by atoms with Gasteiger partial charge in [-0.05, 0) is 24.5 Å². The van der Waals surface area contributed by atoms with Crippen LogP contribution in [0.1, 0.15) is 22.3 Å². The number of hydrogen-bond acceptors (Lipinski definition) is 3. The van der Waals surface area contributed by atoms with E-state index in [0.29, 0.717) is 6.42 Å². The van der Waals surface area contributed by atoms with Crippen LogP contribution in [0.4, 0.5) is 4.39 Å². The second-order valence-corrected chi connectivity index (χ2v) is 4.22. The van der Waals surface area contributed by atoms with E-state index in [4.69, 9.17) is 9.84 Å². The van der Waals surface area contributed by atoms with Gasteiger partial charge in [-0.25, -0.2) is 14.2 Å². The van der Waals surface area contributed by atoms with Crippen molar-refractivity contribution < 1.29 is 19.0 Å². The van der Waals surface area contributed by atoms with Gasteiger partial charge in [-0.1, -0.05) is 30.3 Å². The Bertz CT molecular complexity index is 587. The van der Waals surface area contributed by atoms with E-state index >= 15 is 0 Å². The van der Waals surface area contributed by atoms with E-state index in [1.54, 1.807) is 0 Å². The molecule has 0 saturated carbocycles. The molecule has 0 fully saturated rings. The van der Waals surface area contributed by atoms with Crippen LogP contribution in [-0.2, 0) is 6.42 Å². The first-order valence-corrected chi connectivity index (χ1v) is 6.23. The Morgan fingerprint density at radius 2 is 2.00 bits per heavy atom. The molecule has 104 valence electrons. The lowest BCUT2D eigenvalue weighted by Gasteiger charge is -2.07. The summed E-state index contributed by atoms with van der Waals surface area (Å²) in [5, 5.41) is 8.79. The minimum atomic E-state index is -1.33. The number of pyridine rings is 1. The molecule has 0 aliphatic heterocycles. The SMILES string of the molecule is O=C(O)c1ccnc(OCCCc2ccccc2)c1F. The number of aromatic carboxylic acids is 1. The fraction of sp³-hybridized carbons (Fsp3) is 0.200. The number of ether oxygens (including phenoxy) is 1. The Kier molecular flexibility index (Phi) is 4.65. The summed E-state index contributed by atoms with van der Waals surface area (Å²) >= 11 is 0. The fourth-order valence-electron chi connectivity index (χ4n) is 1.78. The summed E-state index contributed by atoms with van der Waals surface area (Å²) in [6, 6.07) is 11.0. The van der Waals surface area contributed by atoms with Gasteiger partial charge in [-0.2, -0.15) is 0 Å². The Labute approximate surface area is 115 Å². The molecule has 1 heterocycles. The number of nitrogens with zero attached hydrogens (tertiary/aromatic N) is 1. The summed E-state index contributed by atoms with van der Waals surface area (Å²) in [5.74, 6) is -2.53. The molecule has 0 atom stereocenters. The van der Waals surface area contributed by atoms with Crippen molar-refractivity contribution in [2.45, 2.75) is 12.8 Å². The van der Waals surface area contributed by atoms with Crippen LogP contribution in [0.3, 0.4) is 0 Å². The third-order valence-corrected chi connectivity index (χ3v) is 2.78. The van der Waals surface area contributed by atoms with Crippen LogP contribution in [-0.4, -0.2) is 22.7 Å². The smallest absolute Gasteiger partial charge is 0.338 e. The first kappa shape index (κ1) is 14.0. The average molecular weight is 275 g/mol. The van der Waals surface area contributed by atoms with Gasteiger partial charge in [0.15, 0.2) is 5.82 Å². The standard InChI is InChI=1S/C15H14FNO3/c16-13-12(15(18)19)8-9-17-14(13)20-10-4-7-11-5-2-1-3-6-11/h1-3,5-6,8-9H,4,7,10H2,(H,18,19). The van der Waals surface area contributed by atoms with Crippen LogP contribution < -0.4 is 4.74 Å². The van der Waals surface area contributed by atoms with Gasteiger partial charge in [-0.15, -0.1) is 0 Å². The number of aromatic nitrogens is 1. The van der Waals surface area contributed by atoms with Crippen LogP contribution in [0.2, 0.25) is 0 Å². The summed E-state index contributed by atoms with van der Waals surface area (Å²) in [6.45, 7) is 0.280. The Morgan fingerprint density at radius 1 is 1.25 bits per heavy atom. The number of rotatable bonds is 6. The molecule has 4 nitrogen and oxygen atoms in total. The highest BCUT2D eigenvalue weighted by Crippen LogP contribution is 2.17. The monoisotopic (exact) mass is 275 g/mol. The molecule has 0 unspecified atom stereocenters. The van der Waals surface area contributed by atoms with E-state index in [-0.39, 0.29) is 12.5 Å². The molecule has 2 aromatic rings. The zero-order chi connectivity index (χ0) is 14.4. The lowest BCUT2D eigenvalue weighted by Crippen LogP contribution is -2.07. The summed E-state index contributed by atoms with van der Waals surface area (Å²) in [4.78, 5) is 14.5. The van der Waals surface area contributed by atoms with E-state index < -0.39 is 17.3 Å². The van der Waals surface area contributed by atoms with Gasteiger partial charge in [0.2, 0.25) is 0 Å². The van der Waals surface area contributed by atoms with Gasteiger partial charge in [0.25, 0.3) is 5.88 Å². The number of benzene rings is 1. The number of carboxylic acid groups (broad SMARTS) is 1. The summed E-state index contributed by atoms with van der Waals surface area (Å²) in [6.07, 6.45) is 2.72. The molecule has 1 aromatic carbocycles. The fourth-order valence-corrected chi connectivity index (χ4v) is 1.78. The van der Waals surface area contributed by atoms with Gasteiger partial charge in [0, 0.05) is 6.20 Å². The van der Waals surface area contributed by atoms with Crippen LogP contribution >= 0.6 is 0 Å². The Hall–Kier alpha value is -2.43. The largest absolute Gasteiger partial charge is 0.478 e. The minimum Gasteiger partial charge on any atom is -0.478 e. The molecule has 0 spiro atoms. The van der Waals surface area contributed by atoms with Gasteiger partial charge in [0.1, 0.15) is 5.56 Å². The van der Waals surface area contributed by atoms with E-state index in [0.717, 1.165) is 12.5 Å². The van der Waals surface area contributed by atoms with E-state index in [9.17, 15) is 9.18 Å². The van der Waals surface area contributed by atoms with E-state index in [2.05, 4.69) is 4.98 Å². The molecule has 2 rings (SSSR count). The molecule has 1 N–H and O–H groups in total. The van der Waals surface area contributed by atoms with E-state index in [1.807, 2.05) is 30.3 Å². The second kappa shape index (κ2) is 6.65. The molecule has 0 bridgehead atoms. The maximum Gasteiger partial charge on any atom is 0.338 e. The molecule has 5 heteroatoms. The molecule has 0 aliphatic rings. The maximum atomic E-state index is 13.7. The predicted molar refractivity (Wildman–Crippen MR) is 71.4 cm³/mol.